The lowest BCUT2D eigenvalue weighted by molar-refractivity contribution is -0.126. The lowest BCUT2D eigenvalue weighted by Crippen LogP contribution is -2.50. The van der Waals surface area contributed by atoms with E-state index < -0.39 is 5.41 Å². The highest BCUT2D eigenvalue weighted by atomic mass is 35.5. The molecule has 1 aliphatic heterocycles. The number of nitrogens with one attached hydrogen (secondary N) is 2. The van der Waals surface area contributed by atoms with Gasteiger partial charge in [0, 0.05) is 19.1 Å². The number of benzene rings is 1. The van der Waals surface area contributed by atoms with Gasteiger partial charge in [-0.25, -0.2) is 4.39 Å². The van der Waals surface area contributed by atoms with Gasteiger partial charge in [0.15, 0.2) is 0 Å². The van der Waals surface area contributed by atoms with E-state index in [2.05, 4.69) is 10.6 Å². The van der Waals surface area contributed by atoms with E-state index >= 15 is 0 Å². The molecule has 1 amide bonds. The van der Waals surface area contributed by atoms with E-state index in [0.717, 1.165) is 31.5 Å². The van der Waals surface area contributed by atoms with Gasteiger partial charge in [-0.15, -0.1) is 12.4 Å². The third-order valence-corrected chi connectivity index (χ3v) is 4.87. The van der Waals surface area contributed by atoms with Crippen molar-refractivity contribution in [1.82, 2.24) is 10.6 Å². The van der Waals surface area contributed by atoms with E-state index in [9.17, 15) is 9.18 Å². The predicted octanol–water partition coefficient (Wildman–Crippen LogP) is 2.66. The molecule has 0 radical (unpaired) electrons. The Morgan fingerprint density at radius 3 is 2.42 bits per heavy atom. The zero-order valence-corrected chi connectivity index (χ0v) is 15.5. The highest BCUT2D eigenvalue weighted by molar-refractivity contribution is 5.87. The van der Waals surface area contributed by atoms with Crippen molar-refractivity contribution < 1.29 is 13.9 Å². The molecule has 1 heterocycles. The van der Waals surface area contributed by atoms with Gasteiger partial charge in [-0.05, 0) is 57.5 Å². The molecule has 0 unspecified atom stereocenters. The van der Waals surface area contributed by atoms with Gasteiger partial charge in [0.25, 0.3) is 0 Å². The Morgan fingerprint density at radius 1 is 1.29 bits per heavy atom. The Bertz CT molecular complexity index is 523. The van der Waals surface area contributed by atoms with E-state index in [1.165, 1.54) is 12.1 Å². The van der Waals surface area contributed by atoms with Crippen LogP contribution < -0.4 is 10.6 Å². The predicted molar refractivity (Wildman–Crippen MR) is 96.1 cm³/mol. The van der Waals surface area contributed by atoms with Crippen LogP contribution in [0.15, 0.2) is 24.3 Å². The number of rotatable bonds is 6. The second kappa shape index (κ2) is 8.79. The number of hydrogen-bond acceptors (Lipinski definition) is 3. The highest BCUT2D eigenvalue weighted by Crippen LogP contribution is 2.29. The van der Waals surface area contributed by atoms with Gasteiger partial charge in [-0.3, -0.25) is 4.79 Å². The smallest absolute Gasteiger partial charge is 0.230 e. The van der Waals surface area contributed by atoms with Crippen molar-refractivity contribution in [3.63, 3.8) is 0 Å². The van der Waals surface area contributed by atoms with Gasteiger partial charge in [0.2, 0.25) is 5.91 Å². The van der Waals surface area contributed by atoms with Crippen molar-refractivity contribution >= 4 is 18.3 Å². The minimum Gasteiger partial charge on any atom is -0.384 e. The average molecular weight is 359 g/mol. The summed E-state index contributed by atoms with van der Waals surface area (Å²) in [6, 6.07) is 6.13. The van der Waals surface area contributed by atoms with E-state index in [-0.39, 0.29) is 29.5 Å². The quantitative estimate of drug-likeness (QED) is 0.822. The topological polar surface area (TPSA) is 50.4 Å². The standard InChI is InChI=1S/C18H27FN2O2.ClH/c1-17(2,14-4-6-15(19)7-5-14)16(22)21-12-18(13-23-3)8-10-20-11-9-18;/h4-7,20H,8-13H2,1-3H3,(H,21,22);1H. The van der Waals surface area contributed by atoms with E-state index in [1.807, 2.05) is 13.8 Å². The molecule has 0 saturated carbocycles. The third kappa shape index (κ3) is 4.91. The van der Waals surface area contributed by atoms with Gasteiger partial charge >= 0.3 is 0 Å². The van der Waals surface area contributed by atoms with Crippen molar-refractivity contribution in [2.45, 2.75) is 32.1 Å². The van der Waals surface area contributed by atoms with Gasteiger partial charge in [0.1, 0.15) is 5.82 Å². The number of ether oxygens (including phenoxy) is 1. The lowest BCUT2D eigenvalue weighted by Gasteiger charge is -2.38. The summed E-state index contributed by atoms with van der Waals surface area (Å²) < 4.78 is 18.5. The molecule has 0 bridgehead atoms. The number of carbonyl (C=O) groups excluding carboxylic acids is 1. The highest BCUT2D eigenvalue weighted by Gasteiger charge is 2.35. The first-order chi connectivity index (χ1) is 10.9. The Balaban J connectivity index is 0.00000288. The number of piperidine rings is 1. The monoisotopic (exact) mass is 358 g/mol. The molecule has 1 aromatic rings. The molecule has 136 valence electrons. The molecule has 2 rings (SSSR count). The molecule has 1 fully saturated rings. The summed E-state index contributed by atoms with van der Waals surface area (Å²) in [5, 5.41) is 6.43. The summed E-state index contributed by atoms with van der Waals surface area (Å²) in [4.78, 5) is 12.7. The molecule has 24 heavy (non-hydrogen) atoms. The normalized spacial score (nSPS) is 17.0. The molecule has 1 aliphatic rings. The maximum Gasteiger partial charge on any atom is 0.230 e. The molecule has 0 atom stereocenters. The van der Waals surface area contributed by atoms with Gasteiger partial charge in [0.05, 0.1) is 12.0 Å². The third-order valence-electron chi connectivity index (χ3n) is 4.87. The van der Waals surface area contributed by atoms with Crippen molar-refractivity contribution in [1.29, 1.82) is 0 Å². The number of hydrogen-bond donors (Lipinski definition) is 2. The molecule has 4 nitrogen and oxygen atoms in total. The first-order valence-electron chi connectivity index (χ1n) is 8.14. The summed E-state index contributed by atoms with van der Waals surface area (Å²) in [6.45, 7) is 6.86. The van der Waals surface area contributed by atoms with Crippen LogP contribution in [-0.4, -0.2) is 39.3 Å². The summed E-state index contributed by atoms with van der Waals surface area (Å²) in [5.41, 5.74) is 0.103. The van der Waals surface area contributed by atoms with Crippen LogP contribution in [0.1, 0.15) is 32.3 Å². The Kier molecular flexibility index (Phi) is 7.64. The van der Waals surface area contributed by atoms with Gasteiger partial charge in [-0.1, -0.05) is 12.1 Å². The van der Waals surface area contributed by atoms with Crippen molar-refractivity contribution in [2.24, 2.45) is 5.41 Å². The zero-order valence-electron chi connectivity index (χ0n) is 14.7. The zero-order chi connectivity index (χ0) is 16.9. The lowest BCUT2D eigenvalue weighted by atomic mass is 9.78. The fourth-order valence-electron chi connectivity index (χ4n) is 3.12. The molecule has 6 heteroatoms. The second-order valence-corrected chi connectivity index (χ2v) is 7.00. The molecule has 1 aromatic carbocycles. The summed E-state index contributed by atoms with van der Waals surface area (Å²) >= 11 is 0. The fraction of sp³-hybridized carbons (Fsp3) is 0.611. The van der Waals surface area contributed by atoms with Crippen molar-refractivity contribution in [3.05, 3.63) is 35.6 Å². The number of amides is 1. The van der Waals surface area contributed by atoms with Crippen LogP contribution in [0.2, 0.25) is 0 Å². The summed E-state index contributed by atoms with van der Waals surface area (Å²) in [6.07, 6.45) is 1.97. The molecule has 0 aromatic heterocycles. The van der Waals surface area contributed by atoms with Gasteiger partial charge < -0.3 is 15.4 Å². The minimum absolute atomic E-state index is 0. The van der Waals surface area contributed by atoms with Crippen molar-refractivity contribution in [3.8, 4) is 0 Å². The van der Waals surface area contributed by atoms with Crippen LogP contribution >= 0.6 is 12.4 Å². The number of carbonyl (C=O) groups is 1. The number of methoxy groups -OCH3 is 1. The molecule has 2 N–H and O–H groups in total. The van der Waals surface area contributed by atoms with Crippen LogP contribution in [-0.2, 0) is 14.9 Å². The first-order valence-corrected chi connectivity index (χ1v) is 8.14. The van der Waals surface area contributed by atoms with Crippen LogP contribution in [0.3, 0.4) is 0 Å². The molecule has 0 aliphatic carbocycles. The van der Waals surface area contributed by atoms with Gasteiger partial charge in [-0.2, -0.15) is 0 Å². The molecular weight excluding hydrogens is 331 g/mol. The second-order valence-electron chi connectivity index (χ2n) is 7.00. The van der Waals surface area contributed by atoms with Crippen LogP contribution in [0.5, 0.6) is 0 Å². The first kappa shape index (κ1) is 20.9. The van der Waals surface area contributed by atoms with E-state index in [0.29, 0.717) is 13.2 Å². The maximum atomic E-state index is 13.1. The number of halogens is 2. The maximum absolute atomic E-state index is 13.1. The van der Waals surface area contributed by atoms with Crippen LogP contribution in [0.25, 0.3) is 0 Å². The van der Waals surface area contributed by atoms with Crippen molar-refractivity contribution in [2.75, 3.05) is 33.4 Å². The summed E-state index contributed by atoms with van der Waals surface area (Å²) in [7, 11) is 1.70. The van der Waals surface area contributed by atoms with E-state index in [4.69, 9.17) is 4.74 Å². The fourth-order valence-corrected chi connectivity index (χ4v) is 3.12. The minimum atomic E-state index is -0.700. The SMILES string of the molecule is COCC1(CNC(=O)C(C)(C)c2ccc(F)cc2)CCNCC1.Cl. The van der Waals surface area contributed by atoms with E-state index in [1.54, 1.807) is 19.2 Å². The average Bonchev–Trinajstić information content (AvgIpc) is 2.54. The van der Waals surface area contributed by atoms with Crippen LogP contribution in [0, 0.1) is 11.2 Å². The Morgan fingerprint density at radius 2 is 1.88 bits per heavy atom. The van der Waals surface area contributed by atoms with Crippen LogP contribution in [0.4, 0.5) is 4.39 Å². The Hall–Kier alpha value is -1.17. The Labute approximate surface area is 149 Å². The summed E-state index contributed by atoms with van der Waals surface area (Å²) in [5.74, 6) is -0.336. The molecule has 1 saturated heterocycles. The molecule has 0 spiro atoms. The molecular formula is C18H28ClFN2O2. The largest absolute Gasteiger partial charge is 0.384 e.